The van der Waals surface area contributed by atoms with Crippen LogP contribution in [0.3, 0.4) is 0 Å². The van der Waals surface area contributed by atoms with Gasteiger partial charge in [0.25, 0.3) is 0 Å². The molecule has 4 heteroatoms. The van der Waals surface area contributed by atoms with E-state index in [0.717, 1.165) is 30.0 Å². The summed E-state index contributed by atoms with van der Waals surface area (Å²) >= 11 is 0. The topological polar surface area (TPSA) is 50.7 Å². The lowest BCUT2D eigenvalue weighted by Gasteiger charge is -2.13. The van der Waals surface area contributed by atoms with E-state index in [1.165, 1.54) is 19.3 Å². The van der Waals surface area contributed by atoms with Gasteiger partial charge in [-0.25, -0.2) is 0 Å². The van der Waals surface area contributed by atoms with E-state index < -0.39 is 6.10 Å². The monoisotopic (exact) mass is 275 g/mol. The Bertz CT molecular complexity index is 498. The molecule has 1 atom stereocenters. The fourth-order valence-electron chi connectivity index (χ4n) is 2.69. The highest BCUT2D eigenvalue weighted by molar-refractivity contribution is 5.45. The average Bonchev–Trinajstić information content (AvgIpc) is 3.13. The molecule has 1 aliphatic heterocycles. The van der Waals surface area contributed by atoms with Crippen molar-refractivity contribution >= 4 is 0 Å². The Hall–Kier alpha value is -1.52. The predicted molar refractivity (Wildman–Crippen MR) is 76.9 cm³/mol. The number of hydrogen-bond donors (Lipinski definition) is 2. The summed E-state index contributed by atoms with van der Waals surface area (Å²) in [7, 11) is 0. The quantitative estimate of drug-likeness (QED) is 0.619. The molecule has 108 valence electrons. The smallest absolute Gasteiger partial charge is 0.231 e. The summed E-state index contributed by atoms with van der Waals surface area (Å²) in [6.07, 6.45) is 6.70. The molecule has 4 nitrogen and oxygen atoms in total. The standard InChI is InChI=1S/C16H21NO3/c18-14(10-17-8-7-12-3-1-2-4-12)13-5-6-15-16(9-13)20-11-19-15/h3,5-6,9,14,17-18H,1-2,4,7-8,10-11H2. The number of hydrogen-bond acceptors (Lipinski definition) is 4. The molecule has 0 fully saturated rings. The molecule has 3 rings (SSSR count). The molecule has 0 aromatic heterocycles. The van der Waals surface area contributed by atoms with Gasteiger partial charge in [-0.3, -0.25) is 0 Å². The highest BCUT2D eigenvalue weighted by Crippen LogP contribution is 2.34. The molecule has 1 aromatic carbocycles. The fourth-order valence-corrected chi connectivity index (χ4v) is 2.69. The first-order valence-electron chi connectivity index (χ1n) is 7.29. The summed E-state index contributed by atoms with van der Waals surface area (Å²) in [5.74, 6) is 1.47. The van der Waals surface area contributed by atoms with Crippen LogP contribution in [0.25, 0.3) is 0 Å². The summed E-state index contributed by atoms with van der Waals surface area (Å²) in [5, 5.41) is 13.5. The first kappa shape index (κ1) is 13.5. The largest absolute Gasteiger partial charge is 0.454 e. The van der Waals surface area contributed by atoms with E-state index in [9.17, 15) is 5.11 Å². The molecule has 1 aromatic rings. The van der Waals surface area contributed by atoms with Gasteiger partial charge in [0.2, 0.25) is 6.79 Å². The van der Waals surface area contributed by atoms with Crippen LogP contribution in [0.2, 0.25) is 0 Å². The molecule has 0 saturated heterocycles. The van der Waals surface area contributed by atoms with Gasteiger partial charge >= 0.3 is 0 Å². The molecule has 1 unspecified atom stereocenters. The van der Waals surface area contributed by atoms with Gasteiger partial charge in [-0.2, -0.15) is 0 Å². The summed E-state index contributed by atoms with van der Waals surface area (Å²) < 4.78 is 10.6. The van der Waals surface area contributed by atoms with Gasteiger partial charge in [0.05, 0.1) is 6.10 Å². The Morgan fingerprint density at radius 1 is 1.25 bits per heavy atom. The van der Waals surface area contributed by atoms with Crippen molar-refractivity contribution in [1.29, 1.82) is 0 Å². The van der Waals surface area contributed by atoms with Gasteiger partial charge < -0.3 is 19.9 Å². The zero-order valence-electron chi connectivity index (χ0n) is 11.6. The minimum atomic E-state index is -0.512. The Morgan fingerprint density at radius 2 is 2.15 bits per heavy atom. The summed E-state index contributed by atoms with van der Waals surface area (Å²) in [4.78, 5) is 0. The second kappa shape index (κ2) is 6.29. The Balaban J connectivity index is 1.45. The second-order valence-electron chi connectivity index (χ2n) is 5.34. The van der Waals surface area contributed by atoms with Crippen molar-refractivity contribution in [3.05, 3.63) is 35.4 Å². The van der Waals surface area contributed by atoms with Crippen LogP contribution in [-0.4, -0.2) is 25.0 Å². The fraction of sp³-hybridized carbons (Fsp3) is 0.500. The third-order valence-corrected chi connectivity index (χ3v) is 3.88. The van der Waals surface area contributed by atoms with Crippen molar-refractivity contribution < 1.29 is 14.6 Å². The average molecular weight is 275 g/mol. The number of nitrogens with one attached hydrogen (secondary N) is 1. The predicted octanol–water partition coefficient (Wildman–Crippen LogP) is 2.54. The highest BCUT2D eigenvalue weighted by atomic mass is 16.7. The van der Waals surface area contributed by atoms with Crippen LogP contribution in [0.1, 0.15) is 37.4 Å². The van der Waals surface area contributed by atoms with Gasteiger partial charge in [0.1, 0.15) is 0 Å². The Morgan fingerprint density at radius 3 is 3.00 bits per heavy atom. The van der Waals surface area contributed by atoms with Crippen LogP contribution < -0.4 is 14.8 Å². The van der Waals surface area contributed by atoms with E-state index in [1.54, 1.807) is 5.57 Å². The zero-order chi connectivity index (χ0) is 13.8. The lowest BCUT2D eigenvalue weighted by Crippen LogP contribution is -2.22. The van der Waals surface area contributed by atoms with Gasteiger partial charge in [-0.05, 0) is 49.9 Å². The SMILES string of the molecule is OC(CNCCC1=CCCC1)c1ccc2c(c1)OCO2. The molecule has 0 spiro atoms. The summed E-state index contributed by atoms with van der Waals surface area (Å²) in [6.45, 7) is 1.75. The van der Waals surface area contributed by atoms with Crippen LogP contribution in [0.4, 0.5) is 0 Å². The molecule has 2 aliphatic rings. The third-order valence-electron chi connectivity index (χ3n) is 3.88. The van der Waals surface area contributed by atoms with Crippen LogP contribution in [0.15, 0.2) is 29.8 Å². The second-order valence-corrected chi connectivity index (χ2v) is 5.34. The molecule has 20 heavy (non-hydrogen) atoms. The van der Waals surface area contributed by atoms with Gasteiger partial charge in [-0.15, -0.1) is 0 Å². The van der Waals surface area contributed by atoms with Crippen molar-refractivity contribution in [2.24, 2.45) is 0 Å². The molecule has 1 heterocycles. The molecule has 0 saturated carbocycles. The van der Waals surface area contributed by atoms with Crippen molar-refractivity contribution in [3.8, 4) is 11.5 Å². The third kappa shape index (κ3) is 3.14. The number of benzene rings is 1. The van der Waals surface area contributed by atoms with Crippen LogP contribution >= 0.6 is 0 Å². The Labute approximate surface area is 119 Å². The molecular weight excluding hydrogens is 254 g/mol. The lowest BCUT2D eigenvalue weighted by atomic mass is 10.1. The van der Waals surface area contributed by atoms with Gasteiger partial charge in [0.15, 0.2) is 11.5 Å². The summed E-state index contributed by atoms with van der Waals surface area (Å²) in [5.41, 5.74) is 2.41. The molecule has 0 radical (unpaired) electrons. The van der Waals surface area contributed by atoms with Crippen LogP contribution in [0.5, 0.6) is 11.5 Å². The minimum Gasteiger partial charge on any atom is -0.454 e. The highest BCUT2D eigenvalue weighted by Gasteiger charge is 2.16. The van der Waals surface area contributed by atoms with Crippen molar-refractivity contribution in [2.45, 2.75) is 31.8 Å². The van der Waals surface area contributed by atoms with E-state index in [1.807, 2.05) is 18.2 Å². The van der Waals surface area contributed by atoms with E-state index in [2.05, 4.69) is 11.4 Å². The molecule has 0 bridgehead atoms. The molecule has 2 N–H and O–H groups in total. The first-order valence-corrected chi connectivity index (χ1v) is 7.29. The number of fused-ring (bicyclic) bond motifs is 1. The van der Waals surface area contributed by atoms with E-state index in [0.29, 0.717) is 6.54 Å². The number of aliphatic hydroxyl groups excluding tert-OH is 1. The molecule has 1 aliphatic carbocycles. The van der Waals surface area contributed by atoms with Crippen molar-refractivity contribution in [3.63, 3.8) is 0 Å². The lowest BCUT2D eigenvalue weighted by molar-refractivity contribution is 0.170. The Kier molecular flexibility index (Phi) is 4.23. The molecule has 0 amide bonds. The first-order chi connectivity index (χ1) is 9.83. The molecular formula is C16H21NO3. The van der Waals surface area contributed by atoms with E-state index in [-0.39, 0.29) is 6.79 Å². The number of aliphatic hydroxyl groups is 1. The van der Waals surface area contributed by atoms with Crippen LogP contribution in [0, 0.1) is 0 Å². The minimum absolute atomic E-state index is 0.266. The van der Waals surface area contributed by atoms with E-state index in [4.69, 9.17) is 9.47 Å². The van der Waals surface area contributed by atoms with Gasteiger partial charge in [0, 0.05) is 6.54 Å². The maximum absolute atomic E-state index is 10.2. The van der Waals surface area contributed by atoms with Crippen LogP contribution in [-0.2, 0) is 0 Å². The normalized spacial score (nSPS) is 18.1. The number of allylic oxidation sites excluding steroid dienone is 1. The number of rotatable bonds is 6. The maximum atomic E-state index is 10.2. The zero-order valence-corrected chi connectivity index (χ0v) is 11.6. The summed E-state index contributed by atoms with van der Waals surface area (Å²) in [6, 6.07) is 5.60. The number of ether oxygens (including phenoxy) is 2. The van der Waals surface area contributed by atoms with Gasteiger partial charge in [-0.1, -0.05) is 17.7 Å². The van der Waals surface area contributed by atoms with Crippen molar-refractivity contribution in [2.75, 3.05) is 19.9 Å². The van der Waals surface area contributed by atoms with E-state index >= 15 is 0 Å². The van der Waals surface area contributed by atoms with Crippen molar-refractivity contribution in [1.82, 2.24) is 5.32 Å². The maximum Gasteiger partial charge on any atom is 0.231 e.